The lowest BCUT2D eigenvalue weighted by Gasteiger charge is -2.14. The molecule has 3 aromatic heterocycles. The Kier molecular flexibility index (Phi) is 4.37. The zero-order valence-corrected chi connectivity index (χ0v) is 14.8. The fourth-order valence-electron chi connectivity index (χ4n) is 2.27. The van der Waals surface area contributed by atoms with E-state index in [1.807, 2.05) is 25.3 Å². The number of hydrogen-bond acceptors (Lipinski definition) is 5. The molecule has 0 spiro atoms. The summed E-state index contributed by atoms with van der Waals surface area (Å²) < 4.78 is 5.66. The van der Waals surface area contributed by atoms with Gasteiger partial charge in [-0.2, -0.15) is 5.10 Å². The largest absolute Gasteiger partial charge is 0.460 e. The molecule has 5 nitrogen and oxygen atoms in total. The molecule has 2 N–H and O–H groups in total. The molecule has 0 bridgehead atoms. The van der Waals surface area contributed by atoms with Crippen molar-refractivity contribution in [3.05, 3.63) is 45.7 Å². The Morgan fingerprint density at radius 3 is 2.74 bits per heavy atom. The van der Waals surface area contributed by atoms with E-state index in [2.05, 4.69) is 41.7 Å². The number of aryl methyl sites for hydroxylation is 1. The first-order valence-corrected chi connectivity index (χ1v) is 8.56. The van der Waals surface area contributed by atoms with Crippen LogP contribution in [0.5, 0.6) is 0 Å². The SMILES string of the molecule is Cc1ccc(-c2[nH]ncc2CNCc2nc(C(C)(C)C)cs2)o1. The Bertz CT molecular complexity index is 778. The van der Waals surface area contributed by atoms with E-state index >= 15 is 0 Å². The molecule has 0 unspecified atom stereocenters. The van der Waals surface area contributed by atoms with Crippen LogP contribution in [-0.4, -0.2) is 15.2 Å². The van der Waals surface area contributed by atoms with E-state index in [-0.39, 0.29) is 5.41 Å². The first-order valence-electron chi connectivity index (χ1n) is 7.68. The lowest BCUT2D eigenvalue weighted by atomic mass is 9.93. The Balaban J connectivity index is 1.62. The molecule has 0 saturated heterocycles. The molecule has 0 aliphatic carbocycles. The summed E-state index contributed by atoms with van der Waals surface area (Å²) in [7, 11) is 0. The van der Waals surface area contributed by atoms with Crippen LogP contribution in [0.15, 0.2) is 28.1 Å². The molecule has 6 heteroatoms. The summed E-state index contributed by atoms with van der Waals surface area (Å²) in [6.45, 7) is 9.96. The summed E-state index contributed by atoms with van der Waals surface area (Å²) in [5.74, 6) is 1.71. The molecule has 0 atom stereocenters. The molecule has 3 heterocycles. The van der Waals surface area contributed by atoms with Crippen LogP contribution in [0.4, 0.5) is 0 Å². The number of nitrogens with one attached hydrogen (secondary N) is 2. The third-order valence-corrected chi connectivity index (χ3v) is 4.47. The predicted octanol–water partition coefficient (Wildman–Crippen LogP) is 4.02. The topological polar surface area (TPSA) is 66.7 Å². The van der Waals surface area contributed by atoms with Crippen molar-refractivity contribution in [1.29, 1.82) is 0 Å². The van der Waals surface area contributed by atoms with Gasteiger partial charge in [-0.3, -0.25) is 5.10 Å². The van der Waals surface area contributed by atoms with E-state index in [9.17, 15) is 0 Å². The molecule has 0 radical (unpaired) electrons. The molecule has 23 heavy (non-hydrogen) atoms. The minimum atomic E-state index is 0.101. The number of hydrogen-bond donors (Lipinski definition) is 2. The van der Waals surface area contributed by atoms with E-state index in [1.54, 1.807) is 11.3 Å². The normalized spacial score (nSPS) is 12.0. The molecule has 0 aromatic carbocycles. The van der Waals surface area contributed by atoms with Crippen molar-refractivity contribution in [2.45, 2.75) is 46.2 Å². The van der Waals surface area contributed by atoms with Crippen LogP contribution in [0.25, 0.3) is 11.5 Å². The van der Waals surface area contributed by atoms with Crippen molar-refractivity contribution < 1.29 is 4.42 Å². The number of aromatic amines is 1. The maximum absolute atomic E-state index is 5.66. The summed E-state index contributed by atoms with van der Waals surface area (Å²) in [6.07, 6.45) is 1.84. The minimum absolute atomic E-state index is 0.101. The fourth-order valence-corrected chi connectivity index (χ4v) is 3.26. The van der Waals surface area contributed by atoms with Gasteiger partial charge in [-0.05, 0) is 19.1 Å². The third-order valence-electron chi connectivity index (χ3n) is 3.62. The summed E-state index contributed by atoms with van der Waals surface area (Å²) in [4.78, 5) is 4.70. The van der Waals surface area contributed by atoms with Crippen molar-refractivity contribution in [3.8, 4) is 11.5 Å². The van der Waals surface area contributed by atoms with Crippen LogP contribution >= 0.6 is 11.3 Å². The first kappa shape index (κ1) is 16.0. The maximum Gasteiger partial charge on any atom is 0.152 e. The quantitative estimate of drug-likeness (QED) is 0.741. The van der Waals surface area contributed by atoms with E-state index in [4.69, 9.17) is 9.40 Å². The lowest BCUT2D eigenvalue weighted by Crippen LogP contribution is -2.14. The molecule has 122 valence electrons. The third kappa shape index (κ3) is 3.71. The van der Waals surface area contributed by atoms with Gasteiger partial charge in [-0.1, -0.05) is 20.8 Å². The first-order chi connectivity index (χ1) is 10.9. The number of nitrogens with zero attached hydrogens (tertiary/aromatic N) is 2. The zero-order valence-electron chi connectivity index (χ0n) is 13.9. The zero-order chi connectivity index (χ0) is 16.4. The summed E-state index contributed by atoms with van der Waals surface area (Å²) >= 11 is 1.70. The smallest absolute Gasteiger partial charge is 0.152 e. The molecule has 0 amide bonds. The van der Waals surface area contributed by atoms with Crippen molar-refractivity contribution in [2.75, 3.05) is 0 Å². The van der Waals surface area contributed by atoms with Crippen molar-refractivity contribution in [2.24, 2.45) is 0 Å². The van der Waals surface area contributed by atoms with E-state index in [1.165, 1.54) is 0 Å². The fraction of sp³-hybridized carbons (Fsp3) is 0.412. The van der Waals surface area contributed by atoms with E-state index < -0.39 is 0 Å². The van der Waals surface area contributed by atoms with E-state index in [0.717, 1.165) is 46.6 Å². The maximum atomic E-state index is 5.66. The predicted molar refractivity (Wildman–Crippen MR) is 92.4 cm³/mol. The van der Waals surface area contributed by atoms with Gasteiger partial charge in [0.15, 0.2) is 5.76 Å². The highest BCUT2D eigenvalue weighted by Crippen LogP contribution is 2.25. The van der Waals surface area contributed by atoms with Crippen molar-refractivity contribution in [1.82, 2.24) is 20.5 Å². The summed E-state index contributed by atoms with van der Waals surface area (Å²) in [5.41, 5.74) is 3.27. The average Bonchev–Trinajstić information content (AvgIpc) is 3.17. The van der Waals surface area contributed by atoms with Gasteiger partial charge >= 0.3 is 0 Å². The van der Waals surface area contributed by atoms with Gasteiger partial charge in [-0.25, -0.2) is 4.98 Å². The van der Waals surface area contributed by atoms with Crippen molar-refractivity contribution >= 4 is 11.3 Å². The van der Waals surface area contributed by atoms with Gasteiger partial charge in [0.25, 0.3) is 0 Å². The Labute approximate surface area is 140 Å². The highest BCUT2D eigenvalue weighted by Gasteiger charge is 2.17. The van der Waals surface area contributed by atoms with Crippen LogP contribution < -0.4 is 5.32 Å². The number of H-pyrrole nitrogens is 1. The minimum Gasteiger partial charge on any atom is -0.460 e. The average molecular weight is 330 g/mol. The van der Waals surface area contributed by atoms with Gasteiger partial charge in [0.2, 0.25) is 0 Å². The Morgan fingerprint density at radius 1 is 1.26 bits per heavy atom. The van der Waals surface area contributed by atoms with Gasteiger partial charge in [0.05, 0.1) is 11.9 Å². The van der Waals surface area contributed by atoms with Crippen LogP contribution in [0.3, 0.4) is 0 Å². The van der Waals surface area contributed by atoms with Gasteiger partial charge in [0.1, 0.15) is 16.5 Å². The van der Waals surface area contributed by atoms with Crippen LogP contribution in [0.1, 0.15) is 42.8 Å². The van der Waals surface area contributed by atoms with E-state index in [0.29, 0.717) is 0 Å². The second-order valence-electron chi connectivity index (χ2n) is 6.66. The Morgan fingerprint density at radius 2 is 2.09 bits per heavy atom. The number of thiazole rings is 1. The summed E-state index contributed by atoms with van der Waals surface area (Å²) in [6, 6.07) is 3.92. The molecule has 3 aromatic rings. The van der Waals surface area contributed by atoms with Crippen LogP contribution in [0.2, 0.25) is 0 Å². The molecular formula is C17H22N4OS. The molecule has 3 rings (SSSR count). The lowest BCUT2D eigenvalue weighted by molar-refractivity contribution is 0.545. The molecule has 0 saturated carbocycles. The monoisotopic (exact) mass is 330 g/mol. The molecular weight excluding hydrogens is 308 g/mol. The number of furan rings is 1. The highest BCUT2D eigenvalue weighted by molar-refractivity contribution is 7.09. The summed E-state index contributed by atoms with van der Waals surface area (Å²) in [5, 5.41) is 13.8. The van der Waals surface area contributed by atoms with Crippen LogP contribution in [-0.2, 0) is 18.5 Å². The standard InChI is InChI=1S/C17H22N4OS/c1-11-5-6-13(22-11)16-12(8-19-21-16)7-18-9-15-20-14(10-23-15)17(2,3)4/h5-6,8,10,18H,7,9H2,1-4H3,(H,19,21). The van der Waals surface area contributed by atoms with Gasteiger partial charge in [0, 0.05) is 29.4 Å². The molecule has 0 aliphatic rings. The number of rotatable bonds is 5. The molecule has 0 fully saturated rings. The molecule has 0 aliphatic heterocycles. The van der Waals surface area contributed by atoms with Crippen molar-refractivity contribution in [3.63, 3.8) is 0 Å². The second kappa shape index (κ2) is 6.29. The van der Waals surface area contributed by atoms with Gasteiger partial charge in [-0.15, -0.1) is 11.3 Å². The number of aromatic nitrogens is 3. The second-order valence-corrected chi connectivity index (χ2v) is 7.60. The van der Waals surface area contributed by atoms with Crippen LogP contribution in [0, 0.1) is 6.92 Å². The van der Waals surface area contributed by atoms with Gasteiger partial charge < -0.3 is 9.73 Å². The highest BCUT2D eigenvalue weighted by atomic mass is 32.1. The Hall–Kier alpha value is -1.92.